The molecule has 0 unspecified atom stereocenters. The van der Waals surface area contributed by atoms with Gasteiger partial charge in [0.1, 0.15) is 0 Å². The van der Waals surface area contributed by atoms with Gasteiger partial charge in [-0.05, 0) is 18.1 Å². The summed E-state index contributed by atoms with van der Waals surface area (Å²) in [6.45, 7) is 1.71. The van der Waals surface area contributed by atoms with E-state index in [-0.39, 0.29) is 0 Å². The lowest BCUT2D eigenvalue weighted by Crippen LogP contribution is -2.07. The molecule has 3 nitrogen and oxygen atoms in total. The van der Waals surface area contributed by atoms with Crippen LogP contribution < -0.4 is 5.14 Å². The van der Waals surface area contributed by atoms with Gasteiger partial charge in [-0.15, -0.1) is 0 Å². The Balaban J connectivity index is 3.06. The fourth-order valence-electron chi connectivity index (χ4n) is 1.02. The largest absolute Gasteiger partial charge is 0.231 e. The van der Waals surface area contributed by atoms with Gasteiger partial charge in [-0.3, -0.25) is 0 Å². The highest BCUT2D eigenvalue weighted by atomic mass is 32.2. The standard InChI is InChI=1S/C9H11NO2S/c1-8(7-13(10,11)12)9-5-3-2-4-6-9/h2-7H,1H3,(H2,10,11,12)/b8-7-. The quantitative estimate of drug-likeness (QED) is 0.777. The van der Waals surface area contributed by atoms with Crippen molar-refractivity contribution in [1.29, 1.82) is 0 Å². The lowest BCUT2D eigenvalue weighted by atomic mass is 10.1. The highest BCUT2D eigenvalue weighted by molar-refractivity contribution is 7.92. The molecule has 2 N–H and O–H groups in total. The van der Waals surface area contributed by atoms with Crippen molar-refractivity contribution in [3.63, 3.8) is 0 Å². The first-order chi connectivity index (χ1) is 5.99. The van der Waals surface area contributed by atoms with Gasteiger partial charge in [0.25, 0.3) is 0 Å². The molecule has 0 saturated carbocycles. The molecular formula is C9H11NO2S. The van der Waals surface area contributed by atoms with Crippen molar-refractivity contribution in [2.75, 3.05) is 0 Å². The van der Waals surface area contributed by atoms with Gasteiger partial charge in [-0.1, -0.05) is 30.3 Å². The molecule has 0 saturated heterocycles. The van der Waals surface area contributed by atoms with E-state index in [1.165, 1.54) is 0 Å². The van der Waals surface area contributed by atoms with Crippen LogP contribution in [-0.4, -0.2) is 8.42 Å². The van der Waals surface area contributed by atoms with E-state index in [4.69, 9.17) is 5.14 Å². The van der Waals surface area contributed by atoms with Crippen molar-refractivity contribution in [1.82, 2.24) is 0 Å². The molecule has 0 radical (unpaired) electrons. The summed E-state index contributed by atoms with van der Waals surface area (Å²) in [5.41, 5.74) is 1.50. The maximum Gasteiger partial charge on any atom is 0.231 e. The molecule has 13 heavy (non-hydrogen) atoms. The number of nitrogens with two attached hydrogens (primary N) is 1. The first-order valence-corrected chi connectivity index (χ1v) is 5.36. The second-order valence-electron chi connectivity index (χ2n) is 2.76. The molecule has 0 fully saturated rings. The van der Waals surface area contributed by atoms with Crippen LogP contribution in [0.25, 0.3) is 5.57 Å². The Morgan fingerprint density at radius 1 is 1.31 bits per heavy atom. The number of allylic oxidation sites excluding steroid dienone is 1. The zero-order valence-corrected chi connectivity index (χ0v) is 8.08. The third kappa shape index (κ3) is 3.40. The molecule has 0 atom stereocenters. The zero-order chi connectivity index (χ0) is 9.90. The third-order valence-electron chi connectivity index (χ3n) is 1.57. The Labute approximate surface area is 77.9 Å². The Morgan fingerprint density at radius 2 is 1.85 bits per heavy atom. The Kier molecular flexibility index (Phi) is 2.85. The number of primary sulfonamides is 1. The summed E-state index contributed by atoms with van der Waals surface area (Å²) in [6, 6.07) is 9.22. The molecule has 0 bridgehead atoms. The number of benzene rings is 1. The minimum atomic E-state index is -3.53. The molecular weight excluding hydrogens is 186 g/mol. The number of hydrogen-bond donors (Lipinski definition) is 1. The van der Waals surface area contributed by atoms with Crippen LogP contribution in [0.4, 0.5) is 0 Å². The molecule has 0 amide bonds. The van der Waals surface area contributed by atoms with Crippen molar-refractivity contribution in [2.45, 2.75) is 6.92 Å². The lowest BCUT2D eigenvalue weighted by Gasteiger charge is -1.99. The molecule has 0 aliphatic carbocycles. The van der Waals surface area contributed by atoms with Gasteiger partial charge < -0.3 is 0 Å². The van der Waals surface area contributed by atoms with Gasteiger partial charge in [0, 0.05) is 5.41 Å². The molecule has 70 valence electrons. The molecule has 0 aliphatic rings. The van der Waals surface area contributed by atoms with E-state index in [0.717, 1.165) is 11.0 Å². The van der Waals surface area contributed by atoms with Gasteiger partial charge in [-0.2, -0.15) is 0 Å². The monoisotopic (exact) mass is 197 g/mol. The lowest BCUT2D eigenvalue weighted by molar-refractivity contribution is 0.606. The smallest absolute Gasteiger partial charge is 0.225 e. The summed E-state index contributed by atoms with van der Waals surface area (Å²) >= 11 is 0. The Bertz CT molecular complexity index is 407. The minimum Gasteiger partial charge on any atom is -0.225 e. The second kappa shape index (κ2) is 3.72. The predicted molar refractivity (Wildman–Crippen MR) is 53.2 cm³/mol. The molecule has 1 aromatic carbocycles. The van der Waals surface area contributed by atoms with Crippen LogP contribution in [0.3, 0.4) is 0 Å². The van der Waals surface area contributed by atoms with Crippen LogP contribution in [0.2, 0.25) is 0 Å². The highest BCUT2D eigenvalue weighted by Crippen LogP contribution is 2.12. The van der Waals surface area contributed by atoms with Crippen LogP contribution in [0.5, 0.6) is 0 Å². The van der Waals surface area contributed by atoms with E-state index < -0.39 is 10.0 Å². The van der Waals surface area contributed by atoms with Crippen LogP contribution in [0.15, 0.2) is 35.7 Å². The summed E-state index contributed by atoms with van der Waals surface area (Å²) < 4.78 is 21.4. The Morgan fingerprint density at radius 3 is 2.31 bits per heavy atom. The maximum absolute atomic E-state index is 10.7. The number of sulfonamides is 1. The van der Waals surface area contributed by atoms with E-state index in [0.29, 0.717) is 5.57 Å². The molecule has 0 aliphatic heterocycles. The summed E-state index contributed by atoms with van der Waals surface area (Å²) in [7, 11) is -3.53. The van der Waals surface area contributed by atoms with Crippen LogP contribution in [-0.2, 0) is 10.0 Å². The van der Waals surface area contributed by atoms with Crippen molar-refractivity contribution in [3.8, 4) is 0 Å². The molecule has 0 spiro atoms. The average Bonchev–Trinajstić information content (AvgIpc) is 2.03. The van der Waals surface area contributed by atoms with E-state index >= 15 is 0 Å². The topological polar surface area (TPSA) is 60.2 Å². The second-order valence-corrected chi connectivity index (χ2v) is 4.17. The SMILES string of the molecule is C/C(=C/S(N)(=O)=O)c1ccccc1. The van der Waals surface area contributed by atoms with Gasteiger partial charge in [0.05, 0.1) is 0 Å². The molecule has 0 aromatic heterocycles. The fraction of sp³-hybridized carbons (Fsp3) is 0.111. The van der Waals surface area contributed by atoms with E-state index in [1.807, 2.05) is 30.3 Å². The molecule has 0 heterocycles. The van der Waals surface area contributed by atoms with Crippen LogP contribution in [0.1, 0.15) is 12.5 Å². The molecule has 4 heteroatoms. The predicted octanol–water partition coefficient (Wildman–Crippen LogP) is 1.34. The highest BCUT2D eigenvalue weighted by Gasteiger charge is 1.99. The summed E-state index contributed by atoms with van der Waals surface area (Å²) in [4.78, 5) is 0. The van der Waals surface area contributed by atoms with Crippen LogP contribution in [0, 0.1) is 0 Å². The number of rotatable bonds is 2. The first kappa shape index (κ1) is 9.95. The van der Waals surface area contributed by atoms with Gasteiger partial charge in [0.2, 0.25) is 10.0 Å². The van der Waals surface area contributed by atoms with Gasteiger partial charge in [0.15, 0.2) is 0 Å². The molecule has 1 aromatic rings. The Hall–Kier alpha value is -1.13. The van der Waals surface area contributed by atoms with Crippen molar-refractivity contribution in [2.24, 2.45) is 5.14 Å². The third-order valence-corrected chi connectivity index (χ3v) is 2.25. The summed E-state index contributed by atoms with van der Waals surface area (Å²) in [5.74, 6) is 0. The van der Waals surface area contributed by atoms with E-state index in [2.05, 4.69) is 0 Å². The zero-order valence-electron chi connectivity index (χ0n) is 7.27. The van der Waals surface area contributed by atoms with Crippen LogP contribution >= 0.6 is 0 Å². The van der Waals surface area contributed by atoms with Crippen molar-refractivity contribution >= 4 is 15.6 Å². The summed E-state index contributed by atoms with van der Waals surface area (Å²) in [6.07, 6.45) is 0. The van der Waals surface area contributed by atoms with Crippen molar-refractivity contribution in [3.05, 3.63) is 41.3 Å². The number of hydrogen-bond acceptors (Lipinski definition) is 2. The average molecular weight is 197 g/mol. The van der Waals surface area contributed by atoms with E-state index in [1.54, 1.807) is 6.92 Å². The van der Waals surface area contributed by atoms with Gasteiger partial charge >= 0.3 is 0 Å². The van der Waals surface area contributed by atoms with E-state index in [9.17, 15) is 8.42 Å². The summed E-state index contributed by atoms with van der Waals surface area (Å²) in [5, 5.41) is 5.93. The van der Waals surface area contributed by atoms with Gasteiger partial charge in [-0.25, -0.2) is 13.6 Å². The first-order valence-electron chi connectivity index (χ1n) is 3.75. The normalized spacial score (nSPS) is 12.9. The fourth-order valence-corrected chi connectivity index (χ4v) is 1.64. The maximum atomic E-state index is 10.7. The molecule has 1 rings (SSSR count). The van der Waals surface area contributed by atoms with Crippen molar-refractivity contribution < 1.29 is 8.42 Å². The minimum absolute atomic E-state index is 0.642.